The molecule has 1 saturated heterocycles. The van der Waals surface area contributed by atoms with Crippen molar-refractivity contribution >= 4 is 10.8 Å². The van der Waals surface area contributed by atoms with Crippen LogP contribution < -0.4 is 10.1 Å². The van der Waals surface area contributed by atoms with Gasteiger partial charge in [0.2, 0.25) is 0 Å². The first-order valence-electron chi connectivity index (χ1n) is 7.75. The normalized spacial score (nSPS) is 19.2. The molecule has 1 N–H and O–H groups in total. The Morgan fingerprint density at radius 1 is 1.19 bits per heavy atom. The lowest BCUT2D eigenvalue weighted by atomic mass is 10.0. The van der Waals surface area contributed by atoms with Crippen molar-refractivity contribution in [3.05, 3.63) is 42.0 Å². The van der Waals surface area contributed by atoms with E-state index in [0.717, 1.165) is 18.8 Å². The van der Waals surface area contributed by atoms with Gasteiger partial charge in [-0.1, -0.05) is 30.3 Å². The number of ether oxygens (including phenoxy) is 1. The molecule has 3 rings (SSSR count). The molecule has 1 unspecified atom stereocenters. The van der Waals surface area contributed by atoms with Crippen LogP contribution in [0.1, 0.15) is 18.4 Å². The standard InChI is InChI=1S/C18H24N2O/c1-20-11-5-6-15(20)13-19-12-14-9-10-18(21-2)17-8-4-3-7-16(14)17/h3-4,7-10,15,19H,5-6,11-13H2,1-2H3. The summed E-state index contributed by atoms with van der Waals surface area (Å²) in [5, 5.41) is 6.09. The fourth-order valence-corrected chi connectivity index (χ4v) is 3.28. The molecular weight excluding hydrogens is 260 g/mol. The Bertz CT molecular complexity index is 611. The number of rotatable bonds is 5. The minimum atomic E-state index is 0.689. The van der Waals surface area contributed by atoms with Gasteiger partial charge >= 0.3 is 0 Å². The molecule has 3 nitrogen and oxygen atoms in total. The first-order valence-corrected chi connectivity index (χ1v) is 7.75. The van der Waals surface area contributed by atoms with Crippen LogP contribution in [0.3, 0.4) is 0 Å². The SMILES string of the molecule is COc1ccc(CNCC2CCCN2C)c2ccccc12. The van der Waals surface area contributed by atoms with Crippen LogP contribution in [-0.4, -0.2) is 38.2 Å². The second-order valence-corrected chi connectivity index (χ2v) is 5.88. The predicted octanol–water partition coefficient (Wildman–Crippen LogP) is 3.03. The molecule has 1 atom stereocenters. The van der Waals surface area contributed by atoms with Crippen LogP contribution in [0.2, 0.25) is 0 Å². The largest absolute Gasteiger partial charge is 0.496 e. The predicted molar refractivity (Wildman–Crippen MR) is 87.9 cm³/mol. The van der Waals surface area contributed by atoms with E-state index in [-0.39, 0.29) is 0 Å². The third-order valence-electron chi connectivity index (χ3n) is 4.56. The minimum absolute atomic E-state index is 0.689. The minimum Gasteiger partial charge on any atom is -0.496 e. The summed E-state index contributed by atoms with van der Waals surface area (Å²) >= 11 is 0. The van der Waals surface area contributed by atoms with Gasteiger partial charge in [0, 0.05) is 24.5 Å². The number of likely N-dealkylation sites (N-methyl/N-ethyl adjacent to an activating group) is 1. The van der Waals surface area contributed by atoms with Gasteiger partial charge in [-0.3, -0.25) is 0 Å². The highest BCUT2D eigenvalue weighted by molar-refractivity contribution is 5.91. The molecule has 21 heavy (non-hydrogen) atoms. The number of nitrogens with one attached hydrogen (secondary N) is 1. The molecule has 112 valence electrons. The monoisotopic (exact) mass is 284 g/mol. The van der Waals surface area contributed by atoms with E-state index in [2.05, 4.69) is 53.7 Å². The second-order valence-electron chi connectivity index (χ2n) is 5.88. The summed E-state index contributed by atoms with van der Waals surface area (Å²) in [5.74, 6) is 0.949. The summed E-state index contributed by atoms with van der Waals surface area (Å²) < 4.78 is 5.46. The lowest BCUT2D eigenvalue weighted by Gasteiger charge is -2.20. The quantitative estimate of drug-likeness (QED) is 0.913. The number of hydrogen-bond donors (Lipinski definition) is 1. The molecule has 0 spiro atoms. The highest BCUT2D eigenvalue weighted by Gasteiger charge is 2.19. The van der Waals surface area contributed by atoms with Crippen molar-refractivity contribution in [2.24, 2.45) is 0 Å². The summed E-state index contributed by atoms with van der Waals surface area (Å²) in [5.41, 5.74) is 1.34. The molecule has 1 aliphatic rings. The summed E-state index contributed by atoms with van der Waals surface area (Å²) in [6, 6.07) is 13.4. The van der Waals surface area contributed by atoms with Crippen LogP contribution >= 0.6 is 0 Å². The van der Waals surface area contributed by atoms with Crippen molar-refractivity contribution in [3.8, 4) is 5.75 Å². The van der Waals surface area contributed by atoms with Gasteiger partial charge in [0.15, 0.2) is 0 Å². The van der Waals surface area contributed by atoms with Crippen molar-refractivity contribution in [1.82, 2.24) is 10.2 Å². The molecule has 1 aliphatic heterocycles. The fourth-order valence-electron chi connectivity index (χ4n) is 3.28. The van der Waals surface area contributed by atoms with Crippen LogP contribution in [0, 0.1) is 0 Å². The molecule has 2 aromatic rings. The fraction of sp³-hybridized carbons (Fsp3) is 0.444. The van der Waals surface area contributed by atoms with Crippen LogP contribution in [0.15, 0.2) is 36.4 Å². The van der Waals surface area contributed by atoms with Crippen LogP contribution in [0.25, 0.3) is 10.8 Å². The number of methoxy groups -OCH3 is 1. The van der Waals surface area contributed by atoms with Gasteiger partial charge in [-0.05, 0) is 43.5 Å². The molecule has 0 bridgehead atoms. The highest BCUT2D eigenvalue weighted by Crippen LogP contribution is 2.28. The number of fused-ring (bicyclic) bond motifs is 1. The van der Waals surface area contributed by atoms with Crippen molar-refractivity contribution in [3.63, 3.8) is 0 Å². The smallest absolute Gasteiger partial charge is 0.126 e. The van der Waals surface area contributed by atoms with Gasteiger partial charge in [-0.15, -0.1) is 0 Å². The molecule has 0 radical (unpaired) electrons. The molecule has 0 amide bonds. The third kappa shape index (κ3) is 3.04. The van der Waals surface area contributed by atoms with Crippen molar-refractivity contribution in [1.29, 1.82) is 0 Å². The highest BCUT2D eigenvalue weighted by atomic mass is 16.5. The third-order valence-corrected chi connectivity index (χ3v) is 4.56. The van der Waals surface area contributed by atoms with Gasteiger partial charge in [0.05, 0.1) is 7.11 Å². The van der Waals surface area contributed by atoms with E-state index >= 15 is 0 Å². The lowest BCUT2D eigenvalue weighted by Crippen LogP contribution is -2.35. The maximum Gasteiger partial charge on any atom is 0.126 e. The second kappa shape index (κ2) is 6.46. The average Bonchev–Trinajstić information content (AvgIpc) is 2.93. The van der Waals surface area contributed by atoms with Crippen LogP contribution in [-0.2, 0) is 6.54 Å². The first-order chi connectivity index (χ1) is 10.3. The van der Waals surface area contributed by atoms with E-state index in [4.69, 9.17) is 4.74 Å². The zero-order valence-electron chi connectivity index (χ0n) is 12.9. The van der Waals surface area contributed by atoms with Gasteiger partial charge in [-0.25, -0.2) is 0 Å². The number of benzene rings is 2. The van der Waals surface area contributed by atoms with E-state index in [1.165, 1.54) is 35.7 Å². The number of nitrogens with zero attached hydrogens (tertiary/aromatic N) is 1. The average molecular weight is 284 g/mol. The van der Waals surface area contributed by atoms with E-state index in [1.807, 2.05) is 0 Å². The van der Waals surface area contributed by atoms with Gasteiger partial charge in [0.1, 0.15) is 5.75 Å². The zero-order valence-corrected chi connectivity index (χ0v) is 12.9. The molecule has 0 saturated carbocycles. The van der Waals surface area contributed by atoms with E-state index < -0.39 is 0 Å². The Balaban J connectivity index is 1.72. The van der Waals surface area contributed by atoms with E-state index in [9.17, 15) is 0 Å². The van der Waals surface area contributed by atoms with Crippen molar-refractivity contribution < 1.29 is 4.74 Å². The maximum atomic E-state index is 5.46. The molecular formula is C18H24N2O. The van der Waals surface area contributed by atoms with Crippen molar-refractivity contribution in [2.45, 2.75) is 25.4 Å². The number of likely N-dealkylation sites (tertiary alicyclic amines) is 1. The lowest BCUT2D eigenvalue weighted by molar-refractivity contribution is 0.300. The molecule has 3 heteroatoms. The Morgan fingerprint density at radius 3 is 2.71 bits per heavy atom. The molecule has 1 heterocycles. The summed E-state index contributed by atoms with van der Waals surface area (Å²) in [4.78, 5) is 2.46. The van der Waals surface area contributed by atoms with Gasteiger partial charge < -0.3 is 15.0 Å². The Kier molecular flexibility index (Phi) is 4.42. The molecule has 0 aromatic heterocycles. The first kappa shape index (κ1) is 14.4. The maximum absolute atomic E-state index is 5.46. The van der Waals surface area contributed by atoms with Gasteiger partial charge in [0.25, 0.3) is 0 Å². The topological polar surface area (TPSA) is 24.5 Å². The molecule has 0 aliphatic carbocycles. The van der Waals surface area contributed by atoms with Crippen LogP contribution in [0.4, 0.5) is 0 Å². The van der Waals surface area contributed by atoms with Gasteiger partial charge in [-0.2, -0.15) is 0 Å². The Morgan fingerprint density at radius 2 is 2.00 bits per heavy atom. The summed E-state index contributed by atoms with van der Waals surface area (Å²) in [7, 11) is 3.96. The van der Waals surface area contributed by atoms with E-state index in [0.29, 0.717) is 6.04 Å². The van der Waals surface area contributed by atoms with Crippen molar-refractivity contribution in [2.75, 3.05) is 27.2 Å². The van der Waals surface area contributed by atoms with Crippen LogP contribution in [0.5, 0.6) is 5.75 Å². The molecule has 1 fully saturated rings. The van der Waals surface area contributed by atoms with E-state index in [1.54, 1.807) is 7.11 Å². The number of hydrogen-bond acceptors (Lipinski definition) is 3. The summed E-state index contributed by atoms with van der Waals surface area (Å²) in [6.07, 6.45) is 2.64. The Hall–Kier alpha value is -1.58. The Labute approximate surface area is 126 Å². The zero-order chi connectivity index (χ0) is 14.7. The summed E-state index contributed by atoms with van der Waals surface area (Å²) in [6.45, 7) is 3.21. The molecule has 2 aromatic carbocycles.